The smallest absolute Gasteiger partial charge is 0.462 e. The summed E-state index contributed by atoms with van der Waals surface area (Å²) in [5, 5.41) is 10.6. The fraction of sp³-hybridized carbons (Fsp3) is 0.671. The van der Waals surface area contributed by atoms with E-state index in [2.05, 4.69) is 161 Å². The van der Waals surface area contributed by atoms with Crippen LogP contribution in [-0.2, 0) is 65.4 Å². The van der Waals surface area contributed by atoms with Gasteiger partial charge in [0.25, 0.3) is 0 Å². The van der Waals surface area contributed by atoms with Crippen LogP contribution < -0.4 is 0 Å². The van der Waals surface area contributed by atoms with Crippen molar-refractivity contribution in [1.82, 2.24) is 0 Å². The molecular weight excluding hydrogens is 1350 g/mol. The number of unbranched alkanes of at least 4 members (excludes halogenated alkanes) is 24. The highest BCUT2D eigenvalue weighted by atomic mass is 31.2. The summed E-state index contributed by atoms with van der Waals surface area (Å²) >= 11 is 0. The van der Waals surface area contributed by atoms with Crippen molar-refractivity contribution in [2.75, 3.05) is 39.6 Å². The van der Waals surface area contributed by atoms with E-state index in [1.165, 1.54) is 51.4 Å². The van der Waals surface area contributed by atoms with Gasteiger partial charge >= 0.3 is 39.5 Å². The van der Waals surface area contributed by atoms with E-state index in [4.69, 9.17) is 37.0 Å². The molecule has 0 aromatic heterocycles. The van der Waals surface area contributed by atoms with Crippen molar-refractivity contribution >= 4 is 39.5 Å². The molecule has 19 heteroatoms. The van der Waals surface area contributed by atoms with E-state index in [0.29, 0.717) is 32.1 Å². The maximum absolute atomic E-state index is 13.1. The Hall–Kier alpha value is -5.06. The van der Waals surface area contributed by atoms with Crippen LogP contribution in [0, 0.1) is 0 Å². The van der Waals surface area contributed by atoms with E-state index >= 15 is 0 Å². The van der Waals surface area contributed by atoms with E-state index in [-0.39, 0.29) is 25.7 Å². The molecule has 0 fully saturated rings. The zero-order chi connectivity index (χ0) is 76.0. The van der Waals surface area contributed by atoms with E-state index in [1.54, 1.807) is 0 Å². The van der Waals surface area contributed by atoms with Gasteiger partial charge in [0.1, 0.15) is 19.3 Å². The standard InChI is InChI=1S/C85H142O17P2/c1-5-9-13-17-21-25-29-33-36-39-42-46-49-53-57-61-65-69-82(87)95-75-80(101-84(89)71-67-63-59-55-51-45-32-28-24-20-16-12-8-4)77-99-103(91,92)97-73-79(86)74-98-104(93,94)100-78-81(102-85(90)72-68-64-60-56-52-48-44-41-38-35-31-27-23-19-15-11-7-3)76-96-83(88)70-66-62-58-54-50-47-43-40-37-34-30-26-22-18-14-10-6-2/h9-11,13-15,21-23,25-27,33-38,42-43,46-47,54,58,79-81,86H,5-8,12,16-20,24,28-32,39-41,44-45,48-53,55-57,59-78H2,1-4H3,(H,91,92)(H,93,94)/b13-9-,14-10-,15-11-,25-21-,26-22-,27-23-,36-33-,37-34-,38-35-,46-42-,47-43-,58-54-. The van der Waals surface area contributed by atoms with Crippen LogP contribution >= 0.6 is 15.6 Å². The molecule has 0 radical (unpaired) electrons. The van der Waals surface area contributed by atoms with E-state index in [9.17, 15) is 43.2 Å². The van der Waals surface area contributed by atoms with Crippen LogP contribution in [0.3, 0.4) is 0 Å². The van der Waals surface area contributed by atoms with Gasteiger partial charge < -0.3 is 33.8 Å². The normalized spacial score (nSPS) is 14.6. The Balaban J connectivity index is 5.43. The van der Waals surface area contributed by atoms with E-state index in [1.807, 2.05) is 12.2 Å². The van der Waals surface area contributed by atoms with Crippen molar-refractivity contribution in [3.05, 3.63) is 146 Å². The van der Waals surface area contributed by atoms with Crippen molar-refractivity contribution in [1.29, 1.82) is 0 Å². The Kier molecular flexibility index (Phi) is 72.4. The van der Waals surface area contributed by atoms with E-state index in [0.717, 1.165) is 173 Å². The topological polar surface area (TPSA) is 237 Å². The van der Waals surface area contributed by atoms with Gasteiger partial charge in [0.05, 0.1) is 26.4 Å². The van der Waals surface area contributed by atoms with Crippen molar-refractivity contribution in [3.63, 3.8) is 0 Å². The molecule has 0 saturated heterocycles. The van der Waals surface area contributed by atoms with Crippen molar-refractivity contribution in [3.8, 4) is 0 Å². The summed E-state index contributed by atoms with van der Waals surface area (Å²) in [6.45, 7) is 4.45. The Bertz CT molecular complexity index is 2540. The number of aliphatic hydroxyl groups is 1. The predicted molar refractivity (Wildman–Crippen MR) is 427 cm³/mol. The van der Waals surface area contributed by atoms with Gasteiger partial charge in [0.2, 0.25) is 0 Å². The number of aliphatic hydroxyl groups excluding tert-OH is 1. The molecule has 0 heterocycles. The summed E-state index contributed by atoms with van der Waals surface area (Å²) < 4.78 is 68.6. The maximum atomic E-state index is 13.1. The zero-order valence-corrected chi connectivity index (χ0v) is 66.7. The van der Waals surface area contributed by atoms with Crippen LogP contribution in [0.5, 0.6) is 0 Å². The Labute approximate surface area is 630 Å². The SMILES string of the molecule is CC/C=C\C/C=C\C/C=C\C/C=C\C/C=C\CCCC(=O)OCC(COP(=O)(O)OCC(O)COP(=O)(O)OCC(COC(=O)CCCCCC/C=C\C/C=C\C/C=C\C/C=C\CC)OC(=O)CCCCCCCCCCCCCCC)OC(=O)CCCCCCCCC/C=C\C/C=C\C/C=C\CC. The quantitative estimate of drug-likeness (QED) is 0.0169. The molecule has 0 spiro atoms. The molecule has 0 amide bonds. The summed E-state index contributed by atoms with van der Waals surface area (Å²) in [6, 6.07) is 0. The van der Waals surface area contributed by atoms with Gasteiger partial charge in [-0.1, -0.05) is 296 Å². The molecule has 17 nitrogen and oxygen atoms in total. The first-order valence-electron chi connectivity index (χ1n) is 40.1. The highest BCUT2D eigenvalue weighted by molar-refractivity contribution is 7.47. The Morgan fingerprint density at radius 1 is 0.279 bits per heavy atom. The number of phosphoric ester groups is 2. The number of allylic oxidation sites excluding steroid dienone is 24. The molecule has 0 aliphatic carbocycles. The highest BCUT2D eigenvalue weighted by Crippen LogP contribution is 2.45. The molecule has 5 atom stereocenters. The van der Waals surface area contributed by atoms with Gasteiger partial charge in [0, 0.05) is 25.7 Å². The third-order valence-electron chi connectivity index (χ3n) is 16.3. The molecule has 0 aromatic carbocycles. The van der Waals surface area contributed by atoms with Gasteiger partial charge in [-0.2, -0.15) is 0 Å². The molecule has 594 valence electrons. The number of rotatable bonds is 74. The number of phosphoric acid groups is 2. The number of hydrogen-bond donors (Lipinski definition) is 3. The number of hydrogen-bond acceptors (Lipinski definition) is 15. The monoisotopic (exact) mass is 1500 g/mol. The average Bonchev–Trinajstić information content (AvgIpc) is 0.910. The van der Waals surface area contributed by atoms with Gasteiger partial charge in [-0.25, -0.2) is 9.13 Å². The number of carbonyl (C=O) groups is 4. The first-order valence-corrected chi connectivity index (χ1v) is 43.1. The molecule has 0 aliphatic heterocycles. The zero-order valence-electron chi connectivity index (χ0n) is 64.9. The third-order valence-corrected chi connectivity index (χ3v) is 18.2. The van der Waals surface area contributed by atoms with Crippen molar-refractivity contribution < 1.29 is 80.2 Å². The van der Waals surface area contributed by atoms with Gasteiger partial charge in [-0.05, 0) is 135 Å². The van der Waals surface area contributed by atoms with Crippen molar-refractivity contribution in [2.45, 2.75) is 329 Å². The lowest BCUT2D eigenvalue weighted by molar-refractivity contribution is -0.161. The molecule has 5 unspecified atom stereocenters. The molecule has 0 bridgehead atoms. The van der Waals surface area contributed by atoms with Crippen LogP contribution in [-0.4, -0.2) is 96.7 Å². The summed E-state index contributed by atoms with van der Waals surface area (Å²) in [6.07, 6.45) is 86.9. The second kappa shape index (κ2) is 76.1. The van der Waals surface area contributed by atoms with Gasteiger partial charge in [-0.15, -0.1) is 0 Å². The molecule has 0 rings (SSSR count). The first-order chi connectivity index (χ1) is 50.7. The lowest BCUT2D eigenvalue weighted by Gasteiger charge is -2.21. The van der Waals surface area contributed by atoms with Gasteiger partial charge in [0.15, 0.2) is 12.2 Å². The second-order valence-corrected chi connectivity index (χ2v) is 29.1. The third kappa shape index (κ3) is 75.2. The van der Waals surface area contributed by atoms with Crippen LogP contribution in [0.4, 0.5) is 0 Å². The van der Waals surface area contributed by atoms with Crippen LogP contribution in [0.15, 0.2) is 146 Å². The summed E-state index contributed by atoms with van der Waals surface area (Å²) in [5.41, 5.74) is 0. The summed E-state index contributed by atoms with van der Waals surface area (Å²) in [5.74, 6) is -2.28. The van der Waals surface area contributed by atoms with Crippen LogP contribution in [0.2, 0.25) is 0 Å². The largest absolute Gasteiger partial charge is 0.472 e. The molecule has 3 N–H and O–H groups in total. The predicted octanol–water partition coefficient (Wildman–Crippen LogP) is 23.4. The summed E-state index contributed by atoms with van der Waals surface area (Å²) in [4.78, 5) is 73.0. The number of esters is 4. The van der Waals surface area contributed by atoms with Gasteiger partial charge in [-0.3, -0.25) is 37.3 Å². The fourth-order valence-electron chi connectivity index (χ4n) is 10.3. The molecule has 104 heavy (non-hydrogen) atoms. The lowest BCUT2D eigenvalue weighted by atomic mass is 10.0. The second-order valence-electron chi connectivity index (χ2n) is 26.2. The molecular formula is C85H142O17P2. The highest BCUT2D eigenvalue weighted by Gasteiger charge is 2.30. The van der Waals surface area contributed by atoms with Crippen molar-refractivity contribution in [2.24, 2.45) is 0 Å². The minimum atomic E-state index is -5.00. The lowest BCUT2D eigenvalue weighted by Crippen LogP contribution is -2.30. The molecule has 0 aromatic rings. The maximum Gasteiger partial charge on any atom is 0.472 e. The Morgan fingerprint density at radius 3 is 0.808 bits per heavy atom. The minimum Gasteiger partial charge on any atom is -0.462 e. The average molecular weight is 1500 g/mol. The minimum absolute atomic E-state index is 0.0673. The van der Waals surface area contributed by atoms with Crippen LogP contribution in [0.25, 0.3) is 0 Å². The Morgan fingerprint density at radius 2 is 0.510 bits per heavy atom. The number of carbonyl (C=O) groups excluding carboxylic acids is 4. The summed E-state index contributed by atoms with van der Waals surface area (Å²) in [7, 11) is -9.99. The number of ether oxygens (including phenoxy) is 4. The molecule has 0 saturated carbocycles. The first kappa shape index (κ1) is 98.9. The van der Waals surface area contributed by atoms with Crippen LogP contribution in [0.1, 0.15) is 310 Å². The molecule has 0 aliphatic rings. The fourth-order valence-corrected chi connectivity index (χ4v) is 11.9. The van der Waals surface area contributed by atoms with E-state index < -0.39 is 97.5 Å².